The average molecular weight is 441 g/mol. The summed E-state index contributed by atoms with van der Waals surface area (Å²) in [6.45, 7) is 8.33. The van der Waals surface area contributed by atoms with E-state index in [1.807, 2.05) is 56.3 Å². The van der Waals surface area contributed by atoms with E-state index in [1.54, 1.807) is 12.1 Å². The summed E-state index contributed by atoms with van der Waals surface area (Å²) in [4.78, 5) is 27.2. The fourth-order valence-corrected chi connectivity index (χ4v) is 3.71. The van der Waals surface area contributed by atoms with E-state index in [2.05, 4.69) is 29.0 Å². The van der Waals surface area contributed by atoms with E-state index in [-0.39, 0.29) is 30.3 Å². The van der Waals surface area contributed by atoms with Gasteiger partial charge in [0.1, 0.15) is 0 Å². The number of carbonyl (C=O) groups excluding carboxylic acids is 2. The summed E-state index contributed by atoms with van der Waals surface area (Å²) >= 11 is 5.80. The van der Waals surface area contributed by atoms with Crippen LogP contribution in [-0.4, -0.2) is 28.2 Å². The molecular weight excluding hydrogens is 412 g/mol. The molecule has 0 unspecified atom stereocenters. The molecule has 1 fully saturated rings. The normalized spacial score (nSPS) is 21.2. The quantitative estimate of drug-likeness (QED) is 0.698. The molecule has 0 saturated carbocycles. The van der Waals surface area contributed by atoms with Crippen molar-refractivity contribution in [2.75, 3.05) is 0 Å². The Morgan fingerprint density at radius 2 is 1.90 bits per heavy atom. The zero-order valence-electron chi connectivity index (χ0n) is 18.4. The van der Waals surface area contributed by atoms with Crippen LogP contribution in [0.4, 0.5) is 0 Å². The molecule has 7 heteroatoms. The maximum absolute atomic E-state index is 12.9. The van der Waals surface area contributed by atoms with E-state index >= 15 is 0 Å². The molecule has 0 aliphatic carbocycles. The van der Waals surface area contributed by atoms with Gasteiger partial charge in [-0.25, -0.2) is 0 Å². The van der Waals surface area contributed by atoms with Gasteiger partial charge in [0.2, 0.25) is 11.9 Å². The molecule has 1 aliphatic heterocycles. The number of nitrogens with one attached hydrogen (secondary N) is 2. The van der Waals surface area contributed by atoms with Crippen molar-refractivity contribution in [1.29, 1.82) is 0 Å². The molecule has 2 aromatic carbocycles. The lowest BCUT2D eigenvalue weighted by molar-refractivity contribution is -0.131. The van der Waals surface area contributed by atoms with Crippen molar-refractivity contribution in [1.82, 2.24) is 15.5 Å². The maximum Gasteiger partial charge on any atom is 0.251 e. The van der Waals surface area contributed by atoms with Crippen LogP contribution in [0.25, 0.3) is 0 Å². The molecule has 31 heavy (non-hydrogen) atoms. The molecule has 0 radical (unpaired) electrons. The first-order valence-electron chi connectivity index (χ1n) is 10.5. The fourth-order valence-electron chi connectivity index (χ4n) is 3.57. The summed E-state index contributed by atoms with van der Waals surface area (Å²) in [5.41, 5.74) is 1.99. The van der Waals surface area contributed by atoms with Crippen molar-refractivity contribution in [2.24, 2.45) is 10.4 Å². The van der Waals surface area contributed by atoms with Gasteiger partial charge in [0.25, 0.3) is 5.91 Å². The molecule has 2 N–H and O–H groups in total. The molecular formula is C24H29ClN4O2. The second kappa shape index (κ2) is 9.52. The topological polar surface area (TPSA) is 73.8 Å². The molecule has 2 aromatic rings. The van der Waals surface area contributed by atoms with Crippen LogP contribution in [0.2, 0.25) is 0 Å². The number of rotatable bonds is 6. The van der Waals surface area contributed by atoms with Crippen molar-refractivity contribution in [2.45, 2.75) is 52.2 Å². The van der Waals surface area contributed by atoms with Gasteiger partial charge in [-0.05, 0) is 43.0 Å². The van der Waals surface area contributed by atoms with Gasteiger partial charge in [-0.2, -0.15) is 0 Å². The molecule has 164 valence electrons. The lowest BCUT2D eigenvalue weighted by atomic mass is 9.83. The minimum absolute atomic E-state index is 0.0538. The molecule has 3 rings (SSSR count). The summed E-state index contributed by atoms with van der Waals surface area (Å²) in [7, 11) is 0. The Morgan fingerprint density at radius 3 is 2.55 bits per heavy atom. The third-order valence-electron chi connectivity index (χ3n) is 6.00. The van der Waals surface area contributed by atoms with Crippen molar-refractivity contribution in [3.05, 3.63) is 71.3 Å². The summed E-state index contributed by atoms with van der Waals surface area (Å²) in [6, 6.07) is 16.9. The number of amides is 2. The van der Waals surface area contributed by atoms with Crippen LogP contribution in [0.15, 0.2) is 59.1 Å². The Kier molecular flexibility index (Phi) is 7.01. The number of hydrogen-bond donors (Lipinski definition) is 2. The third-order valence-corrected chi connectivity index (χ3v) is 6.16. The van der Waals surface area contributed by atoms with Gasteiger partial charge in [-0.3, -0.25) is 14.5 Å². The lowest BCUT2D eigenvalue weighted by Crippen LogP contribution is -2.63. The van der Waals surface area contributed by atoms with Gasteiger partial charge in [-0.1, -0.05) is 56.3 Å². The molecule has 0 spiro atoms. The number of benzene rings is 2. The van der Waals surface area contributed by atoms with Gasteiger partial charge < -0.3 is 10.6 Å². The van der Waals surface area contributed by atoms with E-state index in [0.29, 0.717) is 17.9 Å². The highest BCUT2D eigenvalue weighted by Crippen LogP contribution is 2.27. The Labute approximate surface area is 188 Å². The number of carbonyl (C=O) groups is 2. The summed E-state index contributed by atoms with van der Waals surface area (Å²) in [5, 5.41) is 6.32. The first kappa shape index (κ1) is 22.8. The second-order valence-corrected chi connectivity index (χ2v) is 8.74. The zero-order chi connectivity index (χ0) is 22.6. The van der Waals surface area contributed by atoms with E-state index in [1.165, 1.54) is 4.90 Å². The van der Waals surface area contributed by atoms with E-state index in [4.69, 9.17) is 11.8 Å². The van der Waals surface area contributed by atoms with Crippen LogP contribution in [0.5, 0.6) is 0 Å². The zero-order valence-corrected chi connectivity index (χ0v) is 19.1. The number of hydrogen-bond acceptors (Lipinski definition) is 3. The molecule has 2 amide bonds. The summed E-state index contributed by atoms with van der Waals surface area (Å²) in [6.07, 6.45) is 0.343. The lowest BCUT2D eigenvalue weighted by Gasteiger charge is -2.43. The second-order valence-electron chi connectivity index (χ2n) is 8.57. The molecule has 1 aliphatic rings. The minimum Gasteiger partial charge on any atom is -0.349 e. The van der Waals surface area contributed by atoms with Crippen LogP contribution >= 0.6 is 11.8 Å². The van der Waals surface area contributed by atoms with Crippen molar-refractivity contribution < 1.29 is 9.59 Å². The highest BCUT2D eigenvalue weighted by atomic mass is 35.5. The summed E-state index contributed by atoms with van der Waals surface area (Å²) in [5.74, 6) is 0.342. The van der Waals surface area contributed by atoms with Crippen LogP contribution < -0.4 is 10.6 Å². The minimum atomic E-state index is -0.406. The van der Waals surface area contributed by atoms with Gasteiger partial charge in [0.15, 0.2) is 0 Å². The van der Waals surface area contributed by atoms with Crippen molar-refractivity contribution >= 4 is 29.6 Å². The predicted octanol–water partition coefficient (Wildman–Crippen LogP) is 4.42. The maximum atomic E-state index is 12.9. The van der Waals surface area contributed by atoms with Crippen molar-refractivity contribution in [3.63, 3.8) is 0 Å². The molecule has 1 saturated heterocycles. The first-order valence-corrected chi connectivity index (χ1v) is 10.8. The van der Waals surface area contributed by atoms with E-state index < -0.39 is 5.54 Å². The largest absolute Gasteiger partial charge is 0.349 e. The highest BCUT2D eigenvalue weighted by Gasteiger charge is 2.40. The summed E-state index contributed by atoms with van der Waals surface area (Å²) < 4.78 is 3.79. The fraction of sp³-hybridized carbons (Fsp3) is 0.375. The van der Waals surface area contributed by atoms with Crippen LogP contribution in [-0.2, 0) is 11.3 Å². The Morgan fingerprint density at radius 1 is 1.19 bits per heavy atom. The van der Waals surface area contributed by atoms with Crippen LogP contribution in [0.3, 0.4) is 0 Å². The SMILES string of the molecule is CC(C)[C@]1(C)CC(=O)N(Cc2cccc(C(=O)N[C@H](C)c3ccccc3)c2)/C(=N\Cl)N1. The first-order chi connectivity index (χ1) is 14.7. The molecule has 2 atom stereocenters. The number of halogens is 1. The van der Waals surface area contributed by atoms with Crippen LogP contribution in [0, 0.1) is 5.92 Å². The Hall–Kier alpha value is -2.86. The van der Waals surface area contributed by atoms with E-state index in [0.717, 1.165) is 11.1 Å². The van der Waals surface area contributed by atoms with Crippen molar-refractivity contribution in [3.8, 4) is 0 Å². The molecule has 0 bridgehead atoms. The third kappa shape index (κ3) is 5.25. The Balaban J connectivity index is 1.73. The highest BCUT2D eigenvalue weighted by molar-refractivity contribution is 6.21. The van der Waals surface area contributed by atoms with E-state index in [9.17, 15) is 9.59 Å². The van der Waals surface area contributed by atoms with Gasteiger partial charge in [0.05, 0.1) is 19.0 Å². The van der Waals surface area contributed by atoms with Crippen LogP contribution in [0.1, 0.15) is 61.6 Å². The average Bonchev–Trinajstić information content (AvgIpc) is 2.76. The predicted molar refractivity (Wildman–Crippen MR) is 124 cm³/mol. The van der Waals surface area contributed by atoms with Gasteiger partial charge in [0, 0.05) is 22.9 Å². The Bertz CT molecular complexity index is 977. The van der Waals surface area contributed by atoms with Gasteiger partial charge in [-0.15, -0.1) is 4.51 Å². The van der Waals surface area contributed by atoms with Gasteiger partial charge >= 0.3 is 0 Å². The standard InChI is InChI=1S/C24H29ClN4O2/c1-16(2)24(4)14-21(30)29(23(27-24)28-25)15-18-9-8-12-20(13-18)22(31)26-17(3)19-10-6-5-7-11-19/h5-13,16-17H,14-15H2,1-4H3,(H,26,31)(H,27,28)/t17-,24+/m1/s1. The number of nitrogens with zero attached hydrogens (tertiary/aromatic N) is 2. The molecule has 6 nitrogen and oxygen atoms in total. The smallest absolute Gasteiger partial charge is 0.251 e. The number of guanidine groups is 1. The molecule has 0 aromatic heterocycles. The monoisotopic (exact) mass is 440 g/mol. The molecule has 1 heterocycles.